The molecule has 0 fully saturated rings. The Morgan fingerprint density at radius 2 is 1.85 bits per heavy atom. The minimum Gasteiger partial charge on any atom is -0.465 e. The van der Waals surface area contributed by atoms with E-state index < -0.39 is 5.97 Å². The number of nitrogens with one attached hydrogen (secondary N) is 2. The fourth-order valence-corrected chi connectivity index (χ4v) is 1.52. The second kappa shape index (κ2) is 7.33. The maximum Gasteiger partial charge on any atom is 0.337 e. The number of amides is 1. The summed E-state index contributed by atoms with van der Waals surface area (Å²) < 4.78 is 4.68. The summed E-state index contributed by atoms with van der Waals surface area (Å²) >= 11 is 0. The summed E-state index contributed by atoms with van der Waals surface area (Å²) in [7, 11) is 1.32. The van der Waals surface area contributed by atoms with Gasteiger partial charge in [0.2, 0.25) is 5.91 Å². The van der Waals surface area contributed by atoms with E-state index in [1.54, 1.807) is 25.1 Å². The number of benzene rings is 1. The Bertz CT molecular complexity index is 524. The number of ether oxygens (including phenoxy) is 1. The molecular weight excluding hydrogens is 256 g/mol. The largest absolute Gasteiger partial charge is 0.465 e. The van der Waals surface area contributed by atoms with Crippen molar-refractivity contribution in [2.75, 3.05) is 17.7 Å². The molecule has 2 N–H and O–H groups in total. The topological polar surface area (TPSA) is 67.4 Å². The van der Waals surface area contributed by atoms with Gasteiger partial charge in [-0.1, -0.05) is 20.4 Å². The third kappa shape index (κ3) is 4.12. The van der Waals surface area contributed by atoms with Crippen molar-refractivity contribution in [1.29, 1.82) is 0 Å². The Morgan fingerprint density at radius 1 is 1.15 bits per heavy atom. The van der Waals surface area contributed by atoms with E-state index in [1.807, 2.05) is 6.92 Å². The molecule has 0 aliphatic carbocycles. The Balaban J connectivity index is 3.12. The first-order valence-electron chi connectivity index (χ1n) is 6.48. The second-order valence-electron chi connectivity index (χ2n) is 4.24. The molecule has 0 heterocycles. The summed E-state index contributed by atoms with van der Waals surface area (Å²) in [4.78, 5) is 23.1. The van der Waals surface area contributed by atoms with E-state index >= 15 is 0 Å². The third-order valence-electron chi connectivity index (χ3n) is 2.77. The van der Waals surface area contributed by atoms with Crippen LogP contribution in [0.3, 0.4) is 0 Å². The molecule has 0 aromatic heterocycles. The predicted octanol–water partition coefficient (Wildman–Crippen LogP) is 3.16. The highest BCUT2D eigenvalue weighted by Gasteiger charge is 2.11. The lowest BCUT2D eigenvalue weighted by Gasteiger charge is -2.14. The van der Waals surface area contributed by atoms with E-state index in [2.05, 4.69) is 21.9 Å². The van der Waals surface area contributed by atoms with Crippen LogP contribution in [0, 0.1) is 0 Å². The SMILES string of the molecule is C=C(CC)Nc1ccc(C(=O)OC)cc1NC(=O)CC. The van der Waals surface area contributed by atoms with Crippen LogP contribution in [0.5, 0.6) is 0 Å². The maximum atomic E-state index is 11.6. The van der Waals surface area contributed by atoms with E-state index in [-0.39, 0.29) is 5.91 Å². The second-order valence-corrected chi connectivity index (χ2v) is 4.24. The highest BCUT2D eigenvalue weighted by atomic mass is 16.5. The molecule has 1 rings (SSSR count). The van der Waals surface area contributed by atoms with Crippen molar-refractivity contribution in [2.45, 2.75) is 26.7 Å². The van der Waals surface area contributed by atoms with Gasteiger partial charge in [-0.3, -0.25) is 4.79 Å². The van der Waals surface area contributed by atoms with E-state index in [9.17, 15) is 9.59 Å². The number of methoxy groups -OCH3 is 1. The zero-order valence-electron chi connectivity index (χ0n) is 12.1. The molecule has 20 heavy (non-hydrogen) atoms. The zero-order valence-corrected chi connectivity index (χ0v) is 12.1. The summed E-state index contributed by atoms with van der Waals surface area (Å²) in [6.07, 6.45) is 1.12. The van der Waals surface area contributed by atoms with Crippen molar-refractivity contribution in [3.05, 3.63) is 36.0 Å². The highest BCUT2D eigenvalue weighted by molar-refractivity contribution is 5.98. The smallest absolute Gasteiger partial charge is 0.337 e. The Kier molecular flexibility index (Phi) is 5.77. The van der Waals surface area contributed by atoms with Crippen molar-refractivity contribution in [2.24, 2.45) is 0 Å². The van der Waals surface area contributed by atoms with Crippen LogP contribution in [0.15, 0.2) is 30.5 Å². The molecule has 108 valence electrons. The summed E-state index contributed by atoms with van der Waals surface area (Å²) in [6.45, 7) is 7.60. The minimum atomic E-state index is -0.446. The minimum absolute atomic E-state index is 0.128. The van der Waals surface area contributed by atoms with Crippen LogP contribution in [-0.2, 0) is 9.53 Å². The number of allylic oxidation sites excluding steroid dienone is 1. The monoisotopic (exact) mass is 276 g/mol. The fraction of sp³-hybridized carbons (Fsp3) is 0.333. The number of carbonyl (C=O) groups is 2. The van der Waals surface area contributed by atoms with Crippen LogP contribution in [0.1, 0.15) is 37.0 Å². The van der Waals surface area contributed by atoms with E-state index in [4.69, 9.17) is 0 Å². The molecule has 1 amide bonds. The van der Waals surface area contributed by atoms with Crippen molar-refractivity contribution < 1.29 is 14.3 Å². The number of hydrogen-bond donors (Lipinski definition) is 2. The molecular formula is C15H20N2O3. The average molecular weight is 276 g/mol. The van der Waals surface area contributed by atoms with Crippen molar-refractivity contribution >= 4 is 23.3 Å². The highest BCUT2D eigenvalue weighted by Crippen LogP contribution is 2.25. The number of anilines is 2. The zero-order chi connectivity index (χ0) is 15.1. The fourth-order valence-electron chi connectivity index (χ4n) is 1.52. The first-order chi connectivity index (χ1) is 9.51. The van der Waals surface area contributed by atoms with Crippen molar-refractivity contribution in [3.8, 4) is 0 Å². The molecule has 1 aromatic carbocycles. The number of esters is 1. The lowest BCUT2D eigenvalue weighted by atomic mass is 10.1. The first kappa shape index (κ1) is 15.8. The number of rotatable bonds is 6. The van der Waals surface area contributed by atoms with Crippen molar-refractivity contribution in [1.82, 2.24) is 0 Å². The summed E-state index contributed by atoms with van der Waals surface area (Å²) in [6, 6.07) is 4.95. The van der Waals surface area contributed by atoms with Crippen LogP contribution in [0.4, 0.5) is 11.4 Å². The van der Waals surface area contributed by atoms with Crippen LogP contribution < -0.4 is 10.6 Å². The van der Waals surface area contributed by atoms with Gasteiger partial charge < -0.3 is 15.4 Å². The van der Waals surface area contributed by atoms with E-state index in [1.165, 1.54) is 7.11 Å². The lowest BCUT2D eigenvalue weighted by Crippen LogP contribution is -2.13. The molecule has 1 aromatic rings. The van der Waals surface area contributed by atoms with Crippen LogP contribution in [0.25, 0.3) is 0 Å². The van der Waals surface area contributed by atoms with Gasteiger partial charge in [0.15, 0.2) is 0 Å². The normalized spacial score (nSPS) is 9.75. The standard InChI is InChI=1S/C15H20N2O3/c1-5-10(3)16-12-8-7-11(15(19)20-4)9-13(12)17-14(18)6-2/h7-9,16H,3,5-6H2,1-2,4H3,(H,17,18). The van der Waals surface area contributed by atoms with Gasteiger partial charge >= 0.3 is 5.97 Å². The molecule has 0 atom stereocenters. The van der Waals surface area contributed by atoms with E-state index in [0.717, 1.165) is 12.1 Å². The van der Waals surface area contributed by atoms with Gasteiger partial charge in [0.25, 0.3) is 0 Å². The summed E-state index contributed by atoms with van der Waals surface area (Å²) in [5.74, 6) is -0.574. The molecule has 5 nitrogen and oxygen atoms in total. The molecule has 0 bridgehead atoms. The Hall–Kier alpha value is -2.30. The Morgan fingerprint density at radius 3 is 2.40 bits per heavy atom. The summed E-state index contributed by atoms with van der Waals surface area (Å²) in [5.41, 5.74) is 2.44. The molecule has 0 spiro atoms. The number of hydrogen-bond acceptors (Lipinski definition) is 4. The maximum absolute atomic E-state index is 11.6. The van der Waals surface area contributed by atoms with Gasteiger partial charge in [0.05, 0.1) is 24.0 Å². The van der Waals surface area contributed by atoms with Gasteiger partial charge in [0, 0.05) is 12.1 Å². The number of carbonyl (C=O) groups excluding carboxylic acids is 2. The molecule has 0 aliphatic rings. The van der Waals surface area contributed by atoms with Crippen LogP contribution in [0.2, 0.25) is 0 Å². The van der Waals surface area contributed by atoms with E-state index in [0.29, 0.717) is 23.4 Å². The molecule has 0 saturated heterocycles. The van der Waals surface area contributed by atoms with Crippen molar-refractivity contribution in [3.63, 3.8) is 0 Å². The van der Waals surface area contributed by atoms with Gasteiger partial charge in [-0.25, -0.2) is 4.79 Å². The summed E-state index contributed by atoms with van der Waals surface area (Å²) in [5, 5.41) is 5.87. The average Bonchev–Trinajstić information content (AvgIpc) is 2.47. The van der Waals surface area contributed by atoms with Crippen LogP contribution >= 0.6 is 0 Å². The van der Waals surface area contributed by atoms with Gasteiger partial charge in [0.1, 0.15) is 0 Å². The van der Waals surface area contributed by atoms with Crippen LogP contribution in [-0.4, -0.2) is 19.0 Å². The quantitative estimate of drug-likeness (QED) is 0.783. The van der Waals surface area contributed by atoms with Gasteiger partial charge in [-0.2, -0.15) is 0 Å². The molecule has 0 unspecified atom stereocenters. The molecule has 5 heteroatoms. The molecule has 0 aliphatic heterocycles. The third-order valence-corrected chi connectivity index (χ3v) is 2.77. The first-order valence-corrected chi connectivity index (χ1v) is 6.48. The Labute approximate surface area is 119 Å². The predicted molar refractivity (Wildman–Crippen MR) is 79.8 cm³/mol. The lowest BCUT2D eigenvalue weighted by molar-refractivity contribution is -0.115. The van der Waals surface area contributed by atoms with Gasteiger partial charge in [-0.15, -0.1) is 0 Å². The van der Waals surface area contributed by atoms with Gasteiger partial charge in [-0.05, 0) is 24.6 Å². The molecule has 0 radical (unpaired) electrons. The molecule has 0 saturated carbocycles.